The Morgan fingerprint density at radius 3 is 2.86 bits per heavy atom. The third-order valence-corrected chi connectivity index (χ3v) is 2.09. The topological polar surface area (TPSA) is 55.1 Å². The predicted molar refractivity (Wildman–Crippen MR) is 58.5 cm³/mol. The summed E-state index contributed by atoms with van der Waals surface area (Å²) in [5.41, 5.74) is 5.36. The molecular formula is C11H20N2O. The molecule has 0 saturated heterocycles. The molecule has 0 radical (unpaired) electrons. The normalized spacial score (nSPS) is 11.8. The average Bonchev–Trinajstić information content (AvgIpc) is 2.17. The molecule has 0 aliphatic carbocycles. The molecule has 1 amide bonds. The molecule has 0 saturated carbocycles. The van der Waals surface area contributed by atoms with Gasteiger partial charge in [-0.1, -0.05) is 6.92 Å². The maximum atomic E-state index is 11.4. The van der Waals surface area contributed by atoms with Gasteiger partial charge >= 0.3 is 0 Å². The lowest BCUT2D eigenvalue weighted by Crippen LogP contribution is -2.31. The van der Waals surface area contributed by atoms with Gasteiger partial charge in [0.1, 0.15) is 0 Å². The molecule has 0 aromatic heterocycles. The minimum absolute atomic E-state index is 0.0210. The second-order valence-electron chi connectivity index (χ2n) is 3.43. The van der Waals surface area contributed by atoms with Gasteiger partial charge in [0, 0.05) is 18.9 Å². The molecule has 3 nitrogen and oxygen atoms in total. The van der Waals surface area contributed by atoms with Crippen molar-refractivity contribution >= 4 is 5.91 Å². The molecule has 0 aliphatic heterocycles. The van der Waals surface area contributed by atoms with Crippen LogP contribution in [-0.4, -0.2) is 19.0 Å². The van der Waals surface area contributed by atoms with Crippen molar-refractivity contribution in [3.63, 3.8) is 0 Å². The molecule has 14 heavy (non-hydrogen) atoms. The maximum Gasteiger partial charge on any atom is 0.222 e. The molecule has 0 heterocycles. The average molecular weight is 196 g/mol. The number of rotatable bonds is 7. The number of unbranched alkanes of at least 4 members (excludes halogenated alkanes) is 2. The van der Waals surface area contributed by atoms with E-state index in [0.29, 0.717) is 6.54 Å². The van der Waals surface area contributed by atoms with Crippen LogP contribution in [0.3, 0.4) is 0 Å². The lowest BCUT2D eigenvalue weighted by Gasteiger charge is -2.10. The van der Waals surface area contributed by atoms with Gasteiger partial charge in [-0.05, 0) is 25.8 Å². The highest BCUT2D eigenvalue weighted by Crippen LogP contribution is 2.00. The summed E-state index contributed by atoms with van der Waals surface area (Å²) in [6.45, 7) is 3.17. The zero-order valence-corrected chi connectivity index (χ0v) is 8.88. The summed E-state index contributed by atoms with van der Waals surface area (Å²) in [6, 6.07) is 0. The highest BCUT2D eigenvalue weighted by molar-refractivity contribution is 5.78. The molecule has 3 N–H and O–H groups in total. The van der Waals surface area contributed by atoms with Crippen LogP contribution in [0, 0.1) is 18.3 Å². The van der Waals surface area contributed by atoms with Crippen molar-refractivity contribution in [2.75, 3.05) is 13.1 Å². The summed E-state index contributed by atoms with van der Waals surface area (Å²) in [5.74, 6) is 2.68. The molecule has 0 spiro atoms. The zero-order valence-electron chi connectivity index (χ0n) is 8.88. The zero-order chi connectivity index (χ0) is 10.8. The van der Waals surface area contributed by atoms with E-state index in [1.807, 2.05) is 6.92 Å². The van der Waals surface area contributed by atoms with Crippen LogP contribution in [0.4, 0.5) is 0 Å². The number of amides is 1. The van der Waals surface area contributed by atoms with Gasteiger partial charge in [0.25, 0.3) is 0 Å². The van der Waals surface area contributed by atoms with E-state index < -0.39 is 0 Å². The van der Waals surface area contributed by atoms with Crippen molar-refractivity contribution < 1.29 is 4.79 Å². The number of carbonyl (C=O) groups excluding carboxylic acids is 1. The lowest BCUT2D eigenvalue weighted by atomic mass is 10.1. The summed E-state index contributed by atoms with van der Waals surface area (Å²) >= 11 is 0. The summed E-state index contributed by atoms with van der Waals surface area (Å²) in [5, 5.41) is 2.86. The highest BCUT2D eigenvalue weighted by Gasteiger charge is 2.09. The van der Waals surface area contributed by atoms with E-state index in [1.54, 1.807) is 0 Å². The maximum absolute atomic E-state index is 11.4. The molecule has 0 bridgehead atoms. The highest BCUT2D eigenvalue weighted by atomic mass is 16.1. The van der Waals surface area contributed by atoms with Gasteiger partial charge in [0.2, 0.25) is 5.91 Å². The molecule has 0 aromatic rings. The lowest BCUT2D eigenvalue weighted by molar-refractivity contribution is -0.124. The Balaban J connectivity index is 3.40. The minimum atomic E-state index is 0.0210. The number of terminal acetylenes is 1. The molecule has 0 aliphatic rings. The molecule has 0 fully saturated rings. The number of hydrogen-bond acceptors (Lipinski definition) is 2. The van der Waals surface area contributed by atoms with Crippen molar-refractivity contribution in [3.05, 3.63) is 0 Å². The van der Waals surface area contributed by atoms with Gasteiger partial charge in [-0.25, -0.2) is 0 Å². The Hall–Kier alpha value is -1.01. The van der Waals surface area contributed by atoms with E-state index in [4.69, 9.17) is 12.2 Å². The number of hydrogen-bond donors (Lipinski definition) is 2. The summed E-state index contributed by atoms with van der Waals surface area (Å²) in [6.07, 6.45) is 8.56. The summed E-state index contributed by atoms with van der Waals surface area (Å²) in [7, 11) is 0. The van der Waals surface area contributed by atoms with Gasteiger partial charge in [-0.15, -0.1) is 12.3 Å². The van der Waals surface area contributed by atoms with Crippen LogP contribution in [0.25, 0.3) is 0 Å². The van der Waals surface area contributed by atoms with Crippen molar-refractivity contribution in [1.29, 1.82) is 0 Å². The Bertz CT molecular complexity index is 196. The largest absolute Gasteiger partial charge is 0.356 e. The van der Waals surface area contributed by atoms with Crippen LogP contribution in [0.2, 0.25) is 0 Å². The quantitative estimate of drug-likeness (QED) is 0.469. The van der Waals surface area contributed by atoms with Crippen molar-refractivity contribution in [2.45, 2.75) is 32.6 Å². The second kappa shape index (κ2) is 8.58. The van der Waals surface area contributed by atoms with E-state index in [-0.39, 0.29) is 11.8 Å². The Morgan fingerprint density at radius 2 is 2.29 bits per heavy atom. The van der Waals surface area contributed by atoms with Crippen LogP contribution in [0.15, 0.2) is 0 Å². The summed E-state index contributed by atoms with van der Waals surface area (Å²) < 4.78 is 0. The monoisotopic (exact) mass is 196 g/mol. The SMILES string of the molecule is C#CCCCCNC(=O)C(C)CCN. The Kier molecular flexibility index (Phi) is 7.96. The Morgan fingerprint density at radius 1 is 1.57 bits per heavy atom. The standard InChI is InChI=1S/C11H20N2O/c1-3-4-5-6-9-13-11(14)10(2)7-8-12/h1,10H,4-9,12H2,2H3,(H,13,14). The van der Waals surface area contributed by atoms with Crippen LogP contribution in [0.5, 0.6) is 0 Å². The molecular weight excluding hydrogens is 176 g/mol. The fourth-order valence-corrected chi connectivity index (χ4v) is 1.12. The smallest absolute Gasteiger partial charge is 0.222 e. The van der Waals surface area contributed by atoms with Gasteiger partial charge in [0.15, 0.2) is 0 Å². The van der Waals surface area contributed by atoms with E-state index in [1.165, 1.54) is 0 Å². The second-order valence-corrected chi connectivity index (χ2v) is 3.43. The van der Waals surface area contributed by atoms with Crippen LogP contribution >= 0.6 is 0 Å². The first kappa shape index (κ1) is 13.0. The first-order valence-corrected chi connectivity index (χ1v) is 5.13. The Labute approximate surface area is 86.4 Å². The first-order valence-electron chi connectivity index (χ1n) is 5.13. The van der Waals surface area contributed by atoms with Crippen molar-refractivity contribution in [3.8, 4) is 12.3 Å². The van der Waals surface area contributed by atoms with Gasteiger partial charge in [-0.2, -0.15) is 0 Å². The third-order valence-electron chi connectivity index (χ3n) is 2.09. The molecule has 1 atom stereocenters. The first-order chi connectivity index (χ1) is 6.72. The van der Waals surface area contributed by atoms with Crippen LogP contribution < -0.4 is 11.1 Å². The molecule has 1 unspecified atom stereocenters. The fourth-order valence-electron chi connectivity index (χ4n) is 1.12. The molecule has 80 valence electrons. The van der Waals surface area contributed by atoms with E-state index >= 15 is 0 Å². The van der Waals surface area contributed by atoms with E-state index in [9.17, 15) is 4.79 Å². The van der Waals surface area contributed by atoms with E-state index in [2.05, 4.69) is 11.2 Å². The van der Waals surface area contributed by atoms with Gasteiger partial charge < -0.3 is 11.1 Å². The fraction of sp³-hybridized carbons (Fsp3) is 0.727. The number of nitrogens with one attached hydrogen (secondary N) is 1. The summed E-state index contributed by atoms with van der Waals surface area (Å²) in [4.78, 5) is 11.4. The third kappa shape index (κ3) is 6.50. The number of carbonyl (C=O) groups is 1. The van der Waals surface area contributed by atoms with Gasteiger partial charge in [-0.3, -0.25) is 4.79 Å². The van der Waals surface area contributed by atoms with Crippen molar-refractivity contribution in [1.82, 2.24) is 5.32 Å². The predicted octanol–water partition coefficient (Wildman–Crippen LogP) is 0.891. The van der Waals surface area contributed by atoms with Crippen molar-refractivity contribution in [2.24, 2.45) is 11.7 Å². The minimum Gasteiger partial charge on any atom is -0.356 e. The molecule has 3 heteroatoms. The number of nitrogens with two attached hydrogens (primary N) is 1. The molecule has 0 aromatic carbocycles. The van der Waals surface area contributed by atoms with E-state index in [0.717, 1.165) is 32.2 Å². The van der Waals surface area contributed by atoms with Gasteiger partial charge in [0.05, 0.1) is 0 Å². The molecule has 0 rings (SSSR count). The van der Waals surface area contributed by atoms with Crippen LogP contribution in [-0.2, 0) is 4.79 Å². The van der Waals surface area contributed by atoms with Crippen LogP contribution in [0.1, 0.15) is 32.6 Å².